The summed E-state index contributed by atoms with van der Waals surface area (Å²) in [5.41, 5.74) is 0.421. The molecule has 1 amide bonds. The Bertz CT molecular complexity index is 495. The van der Waals surface area contributed by atoms with E-state index in [1.807, 2.05) is 13.8 Å². The maximum atomic E-state index is 13.6. The lowest BCUT2D eigenvalue weighted by atomic mass is 9.88. The molecule has 1 heterocycles. The highest BCUT2D eigenvalue weighted by Gasteiger charge is 2.28. The first-order valence-corrected chi connectivity index (χ1v) is 6.92. The summed E-state index contributed by atoms with van der Waals surface area (Å²) in [5.74, 6) is -1.01. The number of nitrogens with one attached hydrogen (secondary N) is 2. The van der Waals surface area contributed by atoms with E-state index in [0.717, 1.165) is 19.2 Å². The fourth-order valence-electron chi connectivity index (χ4n) is 2.30. The number of carbonyl (C=O) groups excluding carboxylic acids is 1. The summed E-state index contributed by atoms with van der Waals surface area (Å²) in [6, 6.07) is 3.54. The normalized spacial score (nSPS) is 17.3. The molecule has 118 valence electrons. The molecule has 0 bridgehead atoms. The van der Waals surface area contributed by atoms with Crippen LogP contribution in [0, 0.1) is 23.5 Å². The van der Waals surface area contributed by atoms with Gasteiger partial charge in [0.2, 0.25) is 5.91 Å². The SMILES string of the molecule is CC(CNC(=O)C(C)C1CNC1)c1ccc(F)cc1F.Cl. The van der Waals surface area contributed by atoms with E-state index in [9.17, 15) is 13.6 Å². The van der Waals surface area contributed by atoms with E-state index in [1.54, 1.807) is 0 Å². The van der Waals surface area contributed by atoms with Crippen molar-refractivity contribution in [2.75, 3.05) is 19.6 Å². The third kappa shape index (κ3) is 4.38. The number of hydrogen-bond donors (Lipinski definition) is 2. The van der Waals surface area contributed by atoms with Crippen LogP contribution in [0.25, 0.3) is 0 Å². The third-order valence-electron chi connectivity index (χ3n) is 4.01. The Morgan fingerprint density at radius 3 is 2.57 bits per heavy atom. The minimum atomic E-state index is -0.589. The number of amides is 1. The average Bonchev–Trinajstić information content (AvgIpc) is 2.33. The molecule has 0 spiro atoms. The predicted molar refractivity (Wildman–Crippen MR) is 80.6 cm³/mol. The molecule has 1 aliphatic rings. The number of halogens is 3. The Labute approximate surface area is 129 Å². The summed E-state index contributed by atoms with van der Waals surface area (Å²) < 4.78 is 26.5. The first-order valence-electron chi connectivity index (χ1n) is 6.92. The van der Waals surface area contributed by atoms with Crippen LogP contribution >= 0.6 is 12.4 Å². The Morgan fingerprint density at radius 2 is 2.05 bits per heavy atom. The molecule has 21 heavy (non-hydrogen) atoms. The molecule has 1 aromatic carbocycles. The summed E-state index contributed by atoms with van der Waals surface area (Å²) in [5, 5.41) is 5.98. The largest absolute Gasteiger partial charge is 0.355 e. The quantitative estimate of drug-likeness (QED) is 0.875. The van der Waals surface area contributed by atoms with Crippen LogP contribution in [0.5, 0.6) is 0 Å². The highest BCUT2D eigenvalue weighted by atomic mass is 35.5. The standard InChI is InChI=1S/C15H20F2N2O.ClH/c1-9(13-4-3-12(16)5-14(13)17)6-19-15(20)10(2)11-7-18-8-11;/h3-5,9-11,18H,6-8H2,1-2H3,(H,19,20);1H. The molecule has 0 saturated carbocycles. The van der Waals surface area contributed by atoms with E-state index in [1.165, 1.54) is 12.1 Å². The van der Waals surface area contributed by atoms with Gasteiger partial charge in [0.15, 0.2) is 0 Å². The van der Waals surface area contributed by atoms with E-state index in [2.05, 4.69) is 10.6 Å². The monoisotopic (exact) mass is 318 g/mol. The molecule has 2 unspecified atom stereocenters. The Morgan fingerprint density at radius 1 is 1.38 bits per heavy atom. The summed E-state index contributed by atoms with van der Waals surface area (Å²) in [6.45, 7) is 5.81. The zero-order valence-corrected chi connectivity index (χ0v) is 13.0. The van der Waals surface area contributed by atoms with Gasteiger partial charge in [-0.1, -0.05) is 19.9 Å². The van der Waals surface area contributed by atoms with Crippen molar-refractivity contribution in [3.05, 3.63) is 35.4 Å². The van der Waals surface area contributed by atoms with Crippen LogP contribution in [0.4, 0.5) is 8.78 Å². The second kappa shape index (κ2) is 7.71. The number of rotatable bonds is 5. The lowest BCUT2D eigenvalue weighted by molar-refractivity contribution is -0.126. The molecule has 1 saturated heterocycles. The zero-order valence-electron chi connectivity index (χ0n) is 12.2. The fourth-order valence-corrected chi connectivity index (χ4v) is 2.30. The van der Waals surface area contributed by atoms with Gasteiger partial charge in [-0.25, -0.2) is 8.78 Å². The average molecular weight is 319 g/mol. The van der Waals surface area contributed by atoms with Crippen LogP contribution in [0.3, 0.4) is 0 Å². The van der Waals surface area contributed by atoms with E-state index in [-0.39, 0.29) is 30.2 Å². The van der Waals surface area contributed by atoms with Gasteiger partial charge in [0.25, 0.3) is 0 Å². The van der Waals surface area contributed by atoms with E-state index < -0.39 is 11.6 Å². The molecule has 2 atom stereocenters. The van der Waals surface area contributed by atoms with Crippen molar-refractivity contribution >= 4 is 18.3 Å². The van der Waals surface area contributed by atoms with Crippen molar-refractivity contribution in [2.24, 2.45) is 11.8 Å². The minimum Gasteiger partial charge on any atom is -0.355 e. The van der Waals surface area contributed by atoms with Crippen molar-refractivity contribution in [2.45, 2.75) is 19.8 Å². The molecule has 1 aliphatic heterocycles. The molecule has 6 heteroatoms. The van der Waals surface area contributed by atoms with Crippen LogP contribution in [0.2, 0.25) is 0 Å². The van der Waals surface area contributed by atoms with Gasteiger partial charge in [0.05, 0.1) is 0 Å². The Hall–Kier alpha value is -1.20. The topological polar surface area (TPSA) is 41.1 Å². The number of hydrogen-bond acceptors (Lipinski definition) is 2. The van der Waals surface area contributed by atoms with Crippen LogP contribution in [-0.2, 0) is 4.79 Å². The second-order valence-electron chi connectivity index (χ2n) is 5.52. The van der Waals surface area contributed by atoms with E-state index in [0.29, 0.717) is 18.0 Å². The predicted octanol–water partition coefficient (Wildman–Crippen LogP) is 2.46. The maximum absolute atomic E-state index is 13.6. The fraction of sp³-hybridized carbons (Fsp3) is 0.533. The highest BCUT2D eigenvalue weighted by Crippen LogP contribution is 2.20. The van der Waals surface area contributed by atoms with E-state index >= 15 is 0 Å². The van der Waals surface area contributed by atoms with Gasteiger partial charge in [0.1, 0.15) is 11.6 Å². The molecule has 3 nitrogen and oxygen atoms in total. The molecule has 2 N–H and O–H groups in total. The van der Waals surface area contributed by atoms with Crippen molar-refractivity contribution in [1.82, 2.24) is 10.6 Å². The maximum Gasteiger partial charge on any atom is 0.223 e. The van der Waals surface area contributed by atoms with Gasteiger partial charge >= 0.3 is 0 Å². The lowest BCUT2D eigenvalue weighted by Crippen LogP contribution is -2.49. The zero-order chi connectivity index (χ0) is 14.7. The van der Waals surface area contributed by atoms with Crippen molar-refractivity contribution in [3.8, 4) is 0 Å². The second-order valence-corrected chi connectivity index (χ2v) is 5.52. The number of carbonyl (C=O) groups is 1. The summed E-state index contributed by atoms with van der Waals surface area (Å²) in [6.07, 6.45) is 0. The van der Waals surface area contributed by atoms with Gasteiger partial charge in [-0.15, -0.1) is 12.4 Å². The summed E-state index contributed by atoms with van der Waals surface area (Å²) in [4.78, 5) is 12.0. The van der Waals surface area contributed by atoms with Crippen LogP contribution in [0.1, 0.15) is 25.3 Å². The molecule has 1 fully saturated rings. The van der Waals surface area contributed by atoms with Crippen LogP contribution < -0.4 is 10.6 Å². The molecular formula is C15H21ClF2N2O. The van der Waals surface area contributed by atoms with Crippen LogP contribution in [0.15, 0.2) is 18.2 Å². The van der Waals surface area contributed by atoms with Gasteiger partial charge < -0.3 is 10.6 Å². The Kier molecular flexibility index (Phi) is 6.55. The lowest BCUT2D eigenvalue weighted by Gasteiger charge is -2.32. The first-order chi connectivity index (χ1) is 9.49. The third-order valence-corrected chi connectivity index (χ3v) is 4.01. The minimum absolute atomic E-state index is 0. The molecule has 0 radical (unpaired) electrons. The molecule has 2 rings (SSSR count). The van der Waals surface area contributed by atoms with Gasteiger partial charge in [-0.2, -0.15) is 0 Å². The van der Waals surface area contributed by atoms with Gasteiger partial charge in [-0.05, 0) is 30.6 Å². The summed E-state index contributed by atoms with van der Waals surface area (Å²) in [7, 11) is 0. The molecule has 1 aromatic rings. The molecule has 0 aliphatic carbocycles. The number of benzene rings is 1. The van der Waals surface area contributed by atoms with Gasteiger partial charge in [-0.3, -0.25) is 4.79 Å². The summed E-state index contributed by atoms with van der Waals surface area (Å²) >= 11 is 0. The smallest absolute Gasteiger partial charge is 0.223 e. The van der Waals surface area contributed by atoms with Gasteiger partial charge in [0, 0.05) is 24.4 Å². The van der Waals surface area contributed by atoms with Crippen molar-refractivity contribution in [1.29, 1.82) is 0 Å². The highest BCUT2D eigenvalue weighted by molar-refractivity contribution is 5.85. The van der Waals surface area contributed by atoms with Crippen molar-refractivity contribution in [3.63, 3.8) is 0 Å². The van der Waals surface area contributed by atoms with Crippen LogP contribution in [-0.4, -0.2) is 25.5 Å². The molecular weight excluding hydrogens is 298 g/mol. The first kappa shape index (κ1) is 17.9. The molecule has 0 aromatic heterocycles. The van der Waals surface area contributed by atoms with Crippen molar-refractivity contribution < 1.29 is 13.6 Å². The van der Waals surface area contributed by atoms with E-state index in [4.69, 9.17) is 0 Å². The Balaban J connectivity index is 0.00000220.